The standard InChI is InChI=1S/C23H18BrClN2O3S/c1-3-30-22(29)19-13(2)26-23-27(20(19)16-6-4-5-7-17(16)25)21(28)18(31-23)12-14-8-10-15(24)11-9-14/h4-12,20H,3H2,1-2H3/b18-12-. The number of carbonyl (C=O) groups is 1. The average molecular weight is 518 g/mol. The molecule has 158 valence electrons. The lowest BCUT2D eigenvalue weighted by atomic mass is 9.96. The minimum atomic E-state index is -0.712. The maximum Gasteiger partial charge on any atom is 0.338 e. The minimum absolute atomic E-state index is 0.221. The van der Waals surface area contributed by atoms with Crippen LogP contribution in [0.1, 0.15) is 31.0 Å². The van der Waals surface area contributed by atoms with Gasteiger partial charge in [-0.05, 0) is 49.2 Å². The molecule has 1 aromatic heterocycles. The molecule has 4 rings (SSSR count). The molecule has 0 spiro atoms. The zero-order valence-corrected chi connectivity index (χ0v) is 19.9. The second kappa shape index (κ2) is 8.94. The van der Waals surface area contributed by atoms with E-state index in [1.165, 1.54) is 15.9 Å². The fraction of sp³-hybridized carbons (Fsp3) is 0.174. The van der Waals surface area contributed by atoms with Crippen molar-refractivity contribution in [3.8, 4) is 0 Å². The molecule has 1 aliphatic rings. The maximum absolute atomic E-state index is 13.5. The molecule has 31 heavy (non-hydrogen) atoms. The summed E-state index contributed by atoms with van der Waals surface area (Å²) in [7, 11) is 0. The van der Waals surface area contributed by atoms with Crippen molar-refractivity contribution in [1.29, 1.82) is 0 Å². The van der Waals surface area contributed by atoms with Crippen molar-refractivity contribution in [2.45, 2.75) is 19.9 Å². The van der Waals surface area contributed by atoms with Crippen LogP contribution in [0.4, 0.5) is 0 Å². The van der Waals surface area contributed by atoms with E-state index in [0.717, 1.165) is 10.0 Å². The molecule has 3 aromatic rings. The smallest absolute Gasteiger partial charge is 0.338 e. The second-order valence-electron chi connectivity index (χ2n) is 6.88. The summed E-state index contributed by atoms with van der Waals surface area (Å²) in [6, 6.07) is 14.2. The first kappa shape index (κ1) is 21.7. The molecule has 1 unspecified atom stereocenters. The molecule has 0 N–H and O–H groups in total. The molecule has 1 atom stereocenters. The highest BCUT2D eigenvalue weighted by atomic mass is 79.9. The summed E-state index contributed by atoms with van der Waals surface area (Å²) in [4.78, 5) is 31.4. The highest BCUT2D eigenvalue weighted by Crippen LogP contribution is 2.34. The summed E-state index contributed by atoms with van der Waals surface area (Å²) in [5.74, 6) is -0.504. The summed E-state index contributed by atoms with van der Waals surface area (Å²) in [5.41, 5.74) is 2.14. The third-order valence-corrected chi connectivity index (χ3v) is 6.74. The van der Waals surface area contributed by atoms with E-state index in [2.05, 4.69) is 20.9 Å². The van der Waals surface area contributed by atoms with E-state index >= 15 is 0 Å². The van der Waals surface area contributed by atoms with E-state index in [-0.39, 0.29) is 12.2 Å². The lowest BCUT2D eigenvalue weighted by Gasteiger charge is -2.25. The Balaban J connectivity index is 1.97. The molecule has 0 bridgehead atoms. The van der Waals surface area contributed by atoms with Crippen molar-refractivity contribution >= 4 is 50.9 Å². The van der Waals surface area contributed by atoms with Crippen molar-refractivity contribution < 1.29 is 9.53 Å². The Morgan fingerprint density at radius 1 is 1.26 bits per heavy atom. The van der Waals surface area contributed by atoms with Crippen molar-refractivity contribution in [1.82, 2.24) is 4.57 Å². The molecule has 0 saturated carbocycles. The molecule has 2 aromatic carbocycles. The van der Waals surface area contributed by atoms with Crippen molar-refractivity contribution in [3.05, 3.63) is 100 Å². The number of carbonyl (C=O) groups excluding carboxylic acids is 1. The van der Waals surface area contributed by atoms with Gasteiger partial charge in [-0.15, -0.1) is 0 Å². The largest absolute Gasteiger partial charge is 0.463 e. The average Bonchev–Trinajstić information content (AvgIpc) is 3.04. The number of ether oxygens (including phenoxy) is 1. The quantitative estimate of drug-likeness (QED) is 0.487. The lowest BCUT2D eigenvalue weighted by molar-refractivity contribution is -0.139. The fourth-order valence-corrected chi connectivity index (χ4v) is 5.04. The van der Waals surface area contributed by atoms with Crippen molar-refractivity contribution in [2.75, 3.05) is 6.61 Å². The third-order valence-electron chi connectivity index (χ3n) is 4.88. The molecule has 0 amide bonds. The van der Waals surface area contributed by atoms with Gasteiger partial charge in [-0.25, -0.2) is 9.79 Å². The summed E-state index contributed by atoms with van der Waals surface area (Å²) in [6.45, 7) is 3.71. The molecule has 2 heterocycles. The minimum Gasteiger partial charge on any atom is -0.463 e. The monoisotopic (exact) mass is 516 g/mol. The van der Waals surface area contributed by atoms with Crippen LogP contribution in [0.15, 0.2) is 74.1 Å². The lowest BCUT2D eigenvalue weighted by Crippen LogP contribution is -2.40. The van der Waals surface area contributed by atoms with Gasteiger partial charge in [-0.1, -0.05) is 69.2 Å². The maximum atomic E-state index is 13.5. The van der Waals surface area contributed by atoms with Crippen LogP contribution < -0.4 is 14.9 Å². The van der Waals surface area contributed by atoms with Gasteiger partial charge in [0.15, 0.2) is 4.80 Å². The molecule has 5 nitrogen and oxygen atoms in total. The van der Waals surface area contributed by atoms with Gasteiger partial charge in [0.05, 0.1) is 22.4 Å². The zero-order valence-electron chi connectivity index (χ0n) is 16.8. The first-order valence-corrected chi connectivity index (χ1v) is 11.6. The normalized spacial score (nSPS) is 16.1. The van der Waals surface area contributed by atoms with Crippen LogP contribution in [0.3, 0.4) is 0 Å². The van der Waals surface area contributed by atoms with Gasteiger partial charge in [0.25, 0.3) is 5.56 Å². The van der Waals surface area contributed by atoms with Crippen LogP contribution in [0.2, 0.25) is 5.02 Å². The van der Waals surface area contributed by atoms with E-state index in [4.69, 9.17) is 16.3 Å². The molecular formula is C23H18BrClN2O3S. The predicted octanol–water partition coefficient (Wildman–Crippen LogP) is 4.21. The number of rotatable bonds is 4. The van der Waals surface area contributed by atoms with Gasteiger partial charge in [-0.3, -0.25) is 9.36 Å². The number of aromatic nitrogens is 1. The van der Waals surface area contributed by atoms with Crippen LogP contribution in [-0.2, 0) is 9.53 Å². The molecule has 8 heteroatoms. The van der Waals surface area contributed by atoms with E-state index in [0.29, 0.717) is 31.2 Å². The highest BCUT2D eigenvalue weighted by molar-refractivity contribution is 9.10. The molecule has 0 fully saturated rings. The van der Waals surface area contributed by atoms with E-state index < -0.39 is 12.0 Å². The first-order chi connectivity index (χ1) is 14.9. The number of hydrogen-bond acceptors (Lipinski definition) is 5. The fourth-order valence-electron chi connectivity index (χ4n) is 3.49. The van der Waals surface area contributed by atoms with Crippen molar-refractivity contribution in [2.24, 2.45) is 4.99 Å². The first-order valence-electron chi connectivity index (χ1n) is 9.60. The Bertz CT molecular complexity index is 1370. The van der Waals surface area contributed by atoms with Gasteiger partial charge in [0, 0.05) is 9.50 Å². The van der Waals surface area contributed by atoms with Crippen LogP contribution >= 0.6 is 38.9 Å². The summed E-state index contributed by atoms with van der Waals surface area (Å²) >= 11 is 11.2. The Hall–Kier alpha value is -2.48. The summed E-state index contributed by atoms with van der Waals surface area (Å²) in [6.07, 6.45) is 1.82. The summed E-state index contributed by atoms with van der Waals surface area (Å²) < 4.78 is 8.31. The van der Waals surface area contributed by atoms with Crippen molar-refractivity contribution in [3.63, 3.8) is 0 Å². The van der Waals surface area contributed by atoms with Gasteiger partial charge in [0.2, 0.25) is 0 Å². The number of halogens is 2. The van der Waals surface area contributed by atoms with Gasteiger partial charge in [-0.2, -0.15) is 0 Å². The second-order valence-corrected chi connectivity index (χ2v) is 9.21. The third kappa shape index (κ3) is 4.18. The molecule has 0 aliphatic carbocycles. The Morgan fingerprint density at radius 3 is 2.65 bits per heavy atom. The van der Waals surface area contributed by atoms with E-state index in [9.17, 15) is 9.59 Å². The van der Waals surface area contributed by atoms with Gasteiger partial charge in [0.1, 0.15) is 6.04 Å². The molecule has 0 radical (unpaired) electrons. The number of fused-ring (bicyclic) bond motifs is 1. The van der Waals surface area contributed by atoms with Crippen LogP contribution in [0.5, 0.6) is 0 Å². The Labute approximate surface area is 196 Å². The summed E-state index contributed by atoms with van der Waals surface area (Å²) in [5, 5.41) is 0.464. The van der Waals surface area contributed by atoms with Crippen LogP contribution in [-0.4, -0.2) is 17.1 Å². The molecule has 1 aliphatic heterocycles. The van der Waals surface area contributed by atoms with E-state index in [1.54, 1.807) is 19.9 Å². The highest BCUT2D eigenvalue weighted by Gasteiger charge is 2.34. The zero-order chi connectivity index (χ0) is 22.1. The van der Waals surface area contributed by atoms with Crippen LogP contribution in [0, 0.1) is 0 Å². The number of hydrogen-bond donors (Lipinski definition) is 0. The number of allylic oxidation sites excluding steroid dienone is 1. The Kier molecular flexibility index (Phi) is 6.27. The van der Waals surface area contributed by atoms with Crippen LogP contribution in [0.25, 0.3) is 6.08 Å². The Morgan fingerprint density at radius 2 is 1.97 bits per heavy atom. The SMILES string of the molecule is CCOC(=O)C1=C(C)N=c2s/c(=C\c3ccc(Br)cc3)c(=O)n2C1c1ccccc1Cl. The topological polar surface area (TPSA) is 60.7 Å². The number of nitrogens with zero attached hydrogens (tertiary/aromatic N) is 2. The number of esters is 1. The molecule has 0 saturated heterocycles. The van der Waals surface area contributed by atoms with Gasteiger partial charge >= 0.3 is 5.97 Å². The van der Waals surface area contributed by atoms with Gasteiger partial charge < -0.3 is 4.74 Å². The molecular weight excluding hydrogens is 500 g/mol. The predicted molar refractivity (Wildman–Crippen MR) is 126 cm³/mol. The van der Waals surface area contributed by atoms with E-state index in [1.807, 2.05) is 48.5 Å². The number of benzene rings is 2. The number of thiazole rings is 1.